The van der Waals surface area contributed by atoms with Gasteiger partial charge in [0.1, 0.15) is 0 Å². The van der Waals surface area contributed by atoms with Crippen molar-refractivity contribution in [2.24, 2.45) is 0 Å². The third-order valence-electron chi connectivity index (χ3n) is 5.89. The van der Waals surface area contributed by atoms with Crippen molar-refractivity contribution in [1.82, 2.24) is 0 Å². The number of hydrogen-bond acceptors (Lipinski definition) is 4. The van der Waals surface area contributed by atoms with Gasteiger partial charge in [0.25, 0.3) is 0 Å². The van der Waals surface area contributed by atoms with Gasteiger partial charge >= 0.3 is 0 Å². The summed E-state index contributed by atoms with van der Waals surface area (Å²) < 4.78 is 5.75. The summed E-state index contributed by atoms with van der Waals surface area (Å²) in [4.78, 5) is 15.9. The highest BCUT2D eigenvalue weighted by atomic mass is 32.2. The second-order valence-electron chi connectivity index (χ2n) is 7.76. The highest BCUT2D eigenvalue weighted by molar-refractivity contribution is 7.99. The molecule has 28 heavy (non-hydrogen) atoms. The van der Waals surface area contributed by atoms with Crippen molar-refractivity contribution in [3.8, 4) is 0 Å². The molecule has 1 saturated heterocycles. The van der Waals surface area contributed by atoms with Gasteiger partial charge in [-0.3, -0.25) is 4.79 Å². The third kappa shape index (κ3) is 3.84. The van der Waals surface area contributed by atoms with Crippen LogP contribution in [0, 0.1) is 0 Å². The molecule has 4 nitrogen and oxygen atoms in total. The van der Waals surface area contributed by atoms with Crippen LogP contribution >= 0.6 is 11.8 Å². The molecule has 2 aliphatic rings. The van der Waals surface area contributed by atoms with E-state index < -0.39 is 5.60 Å². The van der Waals surface area contributed by atoms with Crippen molar-refractivity contribution >= 4 is 23.4 Å². The Morgan fingerprint density at radius 3 is 2.86 bits per heavy atom. The predicted octanol–water partition coefficient (Wildman–Crippen LogP) is 4.52. The Morgan fingerprint density at radius 1 is 1.21 bits per heavy atom. The van der Waals surface area contributed by atoms with Gasteiger partial charge in [-0.2, -0.15) is 0 Å². The van der Waals surface area contributed by atoms with Crippen LogP contribution in [0.2, 0.25) is 0 Å². The van der Waals surface area contributed by atoms with E-state index in [-0.39, 0.29) is 12.0 Å². The van der Waals surface area contributed by atoms with Crippen LogP contribution < -0.4 is 4.90 Å². The van der Waals surface area contributed by atoms with Crippen molar-refractivity contribution in [2.45, 2.75) is 60.5 Å². The number of aryl methyl sites for hydroxylation is 1. The Kier molecular flexibility index (Phi) is 5.50. The van der Waals surface area contributed by atoms with Crippen molar-refractivity contribution in [3.05, 3.63) is 53.6 Å². The first-order valence-electron chi connectivity index (χ1n) is 10.0. The van der Waals surface area contributed by atoms with Gasteiger partial charge in [0.2, 0.25) is 5.91 Å². The summed E-state index contributed by atoms with van der Waals surface area (Å²) in [7, 11) is 1.84. The SMILES string of the molecule is CCC1CC(O)(c2cccc(Sc3ccc4c(c3)CCC(=O)N4C)c2)CCO1. The predicted molar refractivity (Wildman–Crippen MR) is 112 cm³/mol. The van der Waals surface area contributed by atoms with Crippen LogP contribution in [-0.4, -0.2) is 30.8 Å². The molecule has 0 aromatic heterocycles. The van der Waals surface area contributed by atoms with Gasteiger partial charge in [-0.1, -0.05) is 30.8 Å². The summed E-state index contributed by atoms with van der Waals surface area (Å²) in [6.07, 6.45) is 3.69. The topological polar surface area (TPSA) is 49.8 Å². The minimum Gasteiger partial charge on any atom is -0.385 e. The van der Waals surface area contributed by atoms with E-state index >= 15 is 0 Å². The maximum absolute atomic E-state index is 11.9. The summed E-state index contributed by atoms with van der Waals surface area (Å²) >= 11 is 1.70. The average molecular weight is 398 g/mol. The van der Waals surface area contributed by atoms with Gasteiger partial charge in [0, 0.05) is 41.8 Å². The Bertz CT molecular complexity index is 884. The Labute approximate surface area is 170 Å². The first-order valence-corrected chi connectivity index (χ1v) is 10.8. The molecule has 0 bridgehead atoms. The molecule has 1 N–H and O–H groups in total. The molecule has 1 fully saturated rings. The van der Waals surface area contributed by atoms with Crippen LogP contribution in [0.5, 0.6) is 0 Å². The number of amides is 1. The molecule has 2 aromatic carbocycles. The van der Waals surface area contributed by atoms with E-state index in [1.165, 1.54) is 5.56 Å². The molecule has 2 aliphatic heterocycles. The van der Waals surface area contributed by atoms with Crippen LogP contribution in [0.4, 0.5) is 5.69 Å². The first kappa shape index (κ1) is 19.5. The van der Waals surface area contributed by atoms with Crippen LogP contribution in [-0.2, 0) is 21.6 Å². The van der Waals surface area contributed by atoms with Gasteiger partial charge in [0.05, 0.1) is 18.3 Å². The van der Waals surface area contributed by atoms with E-state index in [0.717, 1.165) is 33.9 Å². The fourth-order valence-electron chi connectivity index (χ4n) is 4.14. The van der Waals surface area contributed by atoms with Crippen LogP contribution in [0.15, 0.2) is 52.3 Å². The van der Waals surface area contributed by atoms with Crippen molar-refractivity contribution in [2.75, 3.05) is 18.6 Å². The highest BCUT2D eigenvalue weighted by Gasteiger charge is 2.36. The monoisotopic (exact) mass is 397 g/mol. The van der Waals surface area contributed by atoms with E-state index in [2.05, 4.69) is 31.2 Å². The Morgan fingerprint density at radius 2 is 2.04 bits per heavy atom. The number of rotatable bonds is 4. The maximum Gasteiger partial charge on any atom is 0.227 e. The number of carbonyl (C=O) groups is 1. The highest BCUT2D eigenvalue weighted by Crippen LogP contribution is 2.39. The molecule has 148 valence electrons. The molecule has 2 atom stereocenters. The lowest BCUT2D eigenvalue weighted by molar-refractivity contribution is -0.118. The van der Waals surface area contributed by atoms with Crippen molar-refractivity contribution in [1.29, 1.82) is 0 Å². The lowest BCUT2D eigenvalue weighted by atomic mass is 9.83. The maximum atomic E-state index is 11.9. The van der Waals surface area contributed by atoms with Gasteiger partial charge in [-0.15, -0.1) is 0 Å². The molecular formula is C23H27NO3S. The lowest BCUT2D eigenvalue weighted by Crippen LogP contribution is -2.38. The van der Waals surface area contributed by atoms with E-state index in [1.54, 1.807) is 16.7 Å². The summed E-state index contributed by atoms with van der Waals surface area (Å²) in [6.45, 7) is 2.70. The van der Waals surface area contributed by atoms with E-state index in [9.17, 15) is 9.90 Å². The van der Waals surface area contributed by atoms with E-state index in [4.69, 9.17) is 4.74 Å². The number of aliphatic hydroxyl groups is 1. The van der Waals surface area contributed by atoms with Crippen molar-refractivity contribution < 1.29 is 14.6 Å². The molecule has 5 heteroatoms. The van der Waals surface area contributed by atoms with Crippen LogP contribution in [0.1, 0.15) is 43.7 Å². The number of nitrogens with zero attached hydrogens (tertiary/aromatic N) is 1. The third-order valence-corrected chi connectivity index (χ3v) is 6.87. The standard InChI is InChI=1S/C23H27NO3S/c1-3-18-15-23(26,11-12-27-18)17-5-4-6-19(14-17)28-20-8-9-21-16(13-20)7-10-22(25)24(21)2/h4-6,8-9,13-14,18,26H,3,7,10-12,15H2,1-2H3. The number of fused-ring (bicyclic) bond motifs is 1. The molecule has 1 amide bonds. The fourth-order valence-corrected chi connectivity index (χ4v) is 5.08. The van der Waals surface area contributed by atoms with Gasteiger partial charge < -0.3 is 14.7 Å². The van der Waals surface area contributed by atoms with Crippen LogP contribution in [0.25, 0.3) is 0 Å². The number of anilines is 1. The zero-order valence-electron chi connectivity index (χ0n) is 16.5. The summed E-state index contributed by atoms with van der Waals surface area (Å²) in [5.41, 5.74) is 2.39. The average Bonchev–Trinajstić information content (AvgIpc) is 2.71. The molecule has 0 spiro atoms. The van der Waals surface area contributed by atoms with Crippen molar-refractivity contribution in [3.63, 3.8) is 0 Å². The zero-order valence-corrected chi connectivity index (χ0v) is 17.3. The Balaban J connectivity index is 1.55. The molecule has 2 unspecified atom stereocenters. The van der Waals surface area contributed by atoms with Gasteiger partial charge in [-0.05, 0) is 54.3 Å². The molecule has 0 saturated carbocycles. The summed E-state index contributed by atoms with van der Waals surface area (Å²) in [6, 6.07) is 14.5. The normalized spacial score (nSPS) is 24.9. The second kappa shape index (κ2) is 7.90. The molecule has 4 rings (SSSR count). The molecule has 0 radical (unpaired) electrons. The van der Waals surface area contributed by atoms with E-state index in [0.29, 0.717) is 25.9 Å². The number of hydrogen-bond donors (Lipinski definition) is 1. The largest absolute Gasteiger partial charge is 0.385 e. The number of ether oxygens (including phenoxy) is 1. The van der Waals surface area contributed by atoms with E-state index in [1.807, 2.05) is 25.2 Å². The minimum absolute atomic E-state index is 0.121. The Hall–Kier alpha value is -1.82. The summed E-state index contributed by atoms with van der Waals surface area (Å²) in [5, 5.41) is 11.2. The van der Waals surface area contributed by atoms with Gasteiger partial charge in [0.15, 0.2) is 0 Å². The molecule has 2 heterocycles. The molecule has 0 aliphatic carbocycles. The second-order valence-corrected chi connectivity index (χ2v) is 8.91. The number of carbonyl (C=O) groups excluding carboxylic acids is 1. The lowest BCUT2D eigenvalue weighted by Gasteiger charge is -2.37. The fraction of sp³-hybridized carbons (Fsp3) is 0.435. The quantitative estimate of drug-likeness (QED) is 0.824. The summed E-state index contributed by atoms with van der Waals surface area (Å²) in [5.74, 6) is 0.177. The minimum atomic E-state index is -0.811. The number of benzene rings is 2. The van der Waals surface area contributed by atoms with Gasteiger partial charge in [-0.25, -0.2) is 0 Å². The molecule has 2 aromatic rings. The van der Waals surface area contributed by atoms with Crippen LogP contribution in [0.3, 0.4) is 0 Å². The smallest absolute Gasteiger partial charge is 0.227 e. The molecular weight excluding hydrogens is 370 g/mol. The zero-order chi connectivity index (χ0) is 19.7. The first-order chi connectivity index (χ1) is 13.5.